The molecule has 2 amide bonds. The molecule has 1 aromatic rings. The van der Waals surface area contributed by atoms with Gasteiger partial charge in [-0.3, -0.25) is 19.3 Å². The summed E-state index contributed by atoms with van der Waals surface area (Å²) in [5.74, 6) is 0.338. The number of carbonyl (C=O) groups is 3. The molecule has 5 heteroatoms. The van der Waals surface area contributed by atoms with Crippen molar-refractivity contribution in [2.45, 2.75) is 32.6 Å². The Kier molecular flexibility index (Phi) is 3.93. The van der Waals surface area contributed by atoms with Crippen molar-refractivity contribution >= 4 is 28.9 Å². The van der Waals surface area contributed by atoms with Crippen LogP contribution in [0, 0.1) is 17.8 Å². The zero-order chi connectivity index (χ0) is 15.0. The molecule has 1 saturated carbocycles. The fourth-order valence-corrected chi connectivity index (χ4v) is 4.22. The third-order valence-electron chi connectivity index (χ3n) is 4.55. The summed E-state index contributed by atoms with van der Waals surface area (Å²) in [6.45, 7) is 2.49. The average molecular weight is 305 g/mol. The van der Waals surface area contributed by atoms with E-state index in [0.717, 1.165) is 17.7 Å². The van der Waals surface area contributed by atoms with Crippen LogP contribution in [0.25, 0.3) is 0 Å². The van der Waals surface area contributed by atoms with Crippen LogP contribution < -0.4 is 0 Å². The minimum Gasteiger partial charge on any atom is -0.293 e. The first-order valence-electron chi connectivity index (χ1n) is 7.50. The number of carbonyl (C=O) groups excluding carboxylic acids is 3. The highest BCUT2D eigenvalue weighted by Gasteiger charge is 2.51. The Morgan fingerprint density at radius 3 is 2.52 bits per heavy atom. The van der Waals surface area contributed by atoms with Crippen LogP contribution in [-0.4, -0.2) is 29.0 Å². The molecule has 2 aliphatic rings. The Morgan fingerprint density at radius 2 is 1.95 bits per heavy atom. The number of nitrogens with zero attached hydrogens (tertiary/aromatic N) is 1. The SMILES string of the molecule is CC1CC2C(=O)N(CCCC(=O)c3cccs3)C(=O)C2C1. The van der Waals surface area contributed by atoms with Crippen molar-refractivity contribution in [2.75, 3.05) is 6.54 Å². The second kappa shape index (κ2) is 5.72. The minimum atomic E-state index is -0.0968. The van der Waals surface area contributed by atoms with E-state index < -0.39 is 0 Å². The number of Topliss-reactive ketones (excluding diaryl/α,β-unsaturated/α-hetero) is 1. The van der Waals surface area contributed by atoms with Crippen LogP contribution in [-0.2, 0) is 9.59 Å². The lowest BCUT2D eigenvalue weighted by Crippen LogP contribution is -2.33. The van der Waals surface area contributed by atoms with Crippen molar-refractivity contribution in [3.8, 4) is 0 Å². The Hall–Kier alpha value is -1.49. The molecule has 1 saturated heterocycles. The van der Waals surface area contributed by atoms with Crippen LogP contribution >= 0.6 is 11.3 Å². The molecular formula is C16H19NO3S. The maximum atomic E-state index is 12.3. The lowest BCUT2D eigenvalue weighted by molar-refractivity contribution is -0.140. The van der Waals surface area contributed by atoms with Crippen LogP contribution in [0.15, 0.2) is 17.5 Å². The quantitative estimate of drug-likeness (QED) is 0.621. The van der Waals surface area contributed by atoms with Gasteiger partial charge in [-0.2, -0.15) is 0 Å². The van der Waals surface area contributed by atoms with E-state index in [9.17, 15) is 14.4 Å². The van der Waals surface area contributed by atoms with Gasteiger partial charge >= 0.3 is 0 Å². The highest BCUT2D eigenvalue weighted by atomic mass is 32.1. The molecule has 0 aromatic carbocycles. The molecule has 1 aliphatic carbocycles. The van der Waals surface area contributed by atoms with Gasteiger partial charge in [0.1, 0.15) is 0 Å². The van der Waals surface area contributed by atoms with E-state index in [1.54, 1.807) is 0 Å². The number of imide groups is 1. The molecule has 2 fully saturated rings. The van der Waals surface area contributed by atoms with Crippen LogP contribution in [0.3, 0.4) is 0 Å². The van der Waals surface area contributed by atoms with Gasteiger partial charge in [0, 0.05) is 13.0 Å². The van der Waals surface area contributed by atoms with E-state index in [4.69, 9.17) is 0 Å². The molecule has 3 rings (SSSR count). The molecule has 0 spiro atoms. The van der Waals surface area contributed by atoms with Gasteiger partial charge < -0.3 is 0 Å². The second-order valence-corrected chi connectivity index (χ2v) is 7.07. The summed E-state index contributed by atoms with van der Waals surface area (Å²) in [6.07, 6.45) is 2.62. The van der Waals surface area contributed by atoms with Crippen molar-refractivity contribution in [1.29, 1.82) is 0 Å². The number of hydrogen-bond acceptors (Lipinski definition) is 4. The van der Waals surface area contributed by atoms with Gasteiger partial charge in [-0.15, -0.1) is 11.3 Å². The van der Waals surface area contributed by atoms with Gasteiger partial charge in [0.2, 0.25) is 11.8 Å². The van der Waals surface area contributed by atoms with Gasteiger partial charge in [-0.1, -0.05) is 13.0 Å². The highest BCUT2D eigenvalue weighted by molar-refractivity contribution is 7.12. The highest BCUT2D eigenvalue weighted by Crippen LogP contribution is 2.42. The summed E-state index contributed by atoms with van der Waals surface area (Å²) in [5.41, 5.74) is 0. The predicted molar refractivity (Wildman–Crippen MR) is 80.0 cm³/mol. The number of amides is 2. The van der Waals surface area contributed by atoms with E-state index in [1.165, 1.54) is 16.2 Å². The molecule has 2 heterocycles. The first-order chi connectivity index (χ1) is 10.1. The summed E-state index contributed by atoms with van der Waals surface area (Å²) in [7, 11) is 0. The van der Waals surface area contributed by atoms with Crippen molar-refractivity contribution in [3.63, 3.8) is 0 Å². The molecule has 0 bridgehead atoms. The Bertz CT molecular complexity index is 542. The standard InChI is InChI=1S/C16H19NO3S/c1-10-8-11-12(9-10)16(20)17(15(11)19)6-2-4-13(18)14-5-3-7-21-14/h3,5,7,10-12H,2,4,6,8-9H2,1H3. The Morgan fingerprint density at radius 1 is 1.29 bits per heavy atom. The number of likely N-dealkylation sites (tertiary alicyclic amines) is 1. The first kappa shape index (κ1) is 14.4. The number of hydrogen-bond donors (Lipinski definition) is 0. The molecule has 112 valence electrons. The zero-order valence-corrected chi connectivity index (χ0v) is 12.9. The van der Waals surface area contributed by atoms with Crippen LogP contribution in [0.4, 0.5) is 0 Å². The summed E-state index contributed by atoms with van der Waals surface area (Å²) < 4.78 is 0. The van der Waals surface area contributed by atoms with E-state index >= 15 is 0 Å². The predicted octanol–water partition coefficient (Wildman–Crippen LogP) is 2.74. The molecule has 4 nitrogen and oxygen atoms in total. The van der Waals surface area contributed by atoms with Gasteiger partial charge in [-0.25, -0.2) is 0 Å². The summed E-state index contributed by atoms with van der Waals surface area (Å²) in [5, 5.41) is 1.88. The van der Waals surface area contributed by atoms with E-state index in [-0.39, 0.29) is 29.4 Å². The fourth-order valence-electron chi connectivity index (χ4n) is 3.53. The topological polar surface area (TPSA) is 54.5 Å². The molecule has 0 radical (unpaired) electrons. The van der Waals surface area contributed by atoms with Crippen molar-refractivity contribution in [2.24, 2.45) is 17.8 Å². The normalized spacial score (nSPS) is 28.2. The molecular weight excluding hydrogens is 286 g/mol. The lowest BCUT2D eigenvalue weighted by atomic mass is 10.00. The zero-order valence-electron chi connectivity index (χ0n) is 12.1. The smallest absolute Gasteiger partial charge is 0.233 e. The van der Waals surface area contributed by atoms with Crippen molar-refractivity contribution in [1.82, 2.24) is 4.90 Å². The van der Waals surface area contributed by atoms with Gasteiger partial charge in [0.15, 0.2) is 5.78 Å². The minimum absolute atomic E-state index is 0.0158. The van der Waals surface area contributed by atoms with E-state index in [1.807, 2.05) is 17.5 Å². The Labute approximate surface area is 128 Å². The summed E-state index contributed by atoms with van der Waals surface area (Å²) in [6, 6.07) is 3.67. The number of fused-ring (bicyclic) bond motifs is 1. The largest absolute Gasteiger partial charge is 0.293 e. The van der Waals surface area contributed by atoms with E-state index in [2.05, 4.69) is 6.92 Å². The lowest BCUT2D eigenvalue weighted by Gasteiger charge is -2.16. The number of ketones is 1. The fraction of sp³-hybridized carbons (Fsp3) is 0.562. The molecule has 2 unspecified atom stereocenters. The van der Waals surface area contributed by atoms with Gasteiger partial charge in [0.25, 0.3) is 0 Å². The molecule has 2 atom stereocenters. The number of rotatable bonds is 5. The second-order valence-electron chi connectivity index (χ2n) is 6.12. The Balaban J connectivity index is 1.53. The molecule has 21 heavy (non-hydrogen) atoms. The summed E-state index contributed by atoms with van der Waals surface area (Å²) >= 11 is 1.43. The van der Waals surface area contributed by atoms with Crippen LogP contribution in [0.5, 0.6) is 0 Å². The van der Waals surface area contributed by atoms with E-state index in [0.29, 0.717) is 25.3 Å². The van der Waals surface area contributed by atoms with Crippen molar-refractivity contribution in [3.05, 3.63) is 22.4 Å². The van der Waals surface area contributed by atoms with Crippen LogP contribution in [0.1, 0.15) is 42.3 Å². The average Bonchev–Trinajstić information content (AvgIpc) is 3.14. The summed E-state index contributed by atoms with van der Waals surface area (Å²) in [4.78, 5) is 38.6. The maximum absolute atomic E-state index is 12.3. The third-order valence-corrected chi connectivity index (χ3v) is 5.46. The molecule has 0 N–H and O–H groups in total. The third kappa shape index (κ3) is 2.67. The molecule has 1 aromatic heterocycles. The number of thiophene rings is 1. The van der Waals surface area contributed by atoms with Gasteiger partial charge in [-0.05, 0) is 36.6 Å². The van der Waals surface area contributed by atoms with Crippen molar-refractivity contribution < 1.29 is 14.4 Å². The molecule has 1 aliphatic heterocycles. The van der Waals surface area contributed by atoms with Gasteiger partial charge in [0.05, 0.1) is 16.7 Å². The maximum Gasteiger partial charge on any atom is 0.233 e. The first-order valence-corrected chi connectivity index (χ1v) is 8.38. The monoisotopic (exact) mass is 305 g/mol. The van der Waals surface area contributed by atoms with Crippen LogP contribution in [0.2, 0.25) is 0 Å².